The van der Waals surface area contributed by atoms with Crippen molar-refractivity contribution < 1.29 is 14.4 Å². The molecule has 1 aliphatic carbocycles. The lowest BCUT2D eigenvalue weighted by Crippen LogP contribution is -2.42. The number of primary amides is 1. The van der Waals surface area contributed by atoms with Crippen molar-refractivity contribution >= 4 is 17.6 Å². The van der Waals surface area contributed by atoms with Gasteiger partial charge in [-0.2, -0.15) is 0 Å². The SMILES string of the molecule is C[C@@H](NC(=O)c1ccc2c(c1)C(=O)c1ccccc1-2)C(N)=O. The van der Waals surface area contributed by atoms with Gasteiger partial charge in [0.25, 0.3) is 5.91 Å². The first-order valence-corrected chi connectivity index (χ1v) is 6.87. The van der Waals surface area contributed by atoms with Crippen LogP contribution in [0.3, 0.4) is 0 Å². The normalized spacial score (nSPS) is 13.2. The molecule has 110 valence electrons. The lowest BCUT2D eigenvalue weighted by Gasteiger charge is -2.10. The van der Waals surface area contributed by atoms with Crippen molar-refractivity contribution in [1.29, 1.82) is 0 Å². The van der Waals surface area contributed by atoms with Crippen LogP contribution in [0.1, 0.15) is 33.2 Å². The molecule has 2 amide bonds. The third-order valence-electron chi connectivity index (χ3n) is 3.76. The van der Waals surface area contributed by atoms with E-state index in [-0.39, 0.29) is 5.78 Å². The Morgan fingerprint density at radius 2 is 1.64 bits per heavy atom. The van der Waals surface area contributed by atoms with Crippen molar-refractivity contribution in [2.75, 3.05) is 0 Å². The van der Waals surface area contributed by atoms with Gasteiger partial charge in [0.15, 0.2) is 5.78 Å². The van der Waals surface area contributed by atoms with E-state index in [1.807, 2.05) is 18.2 Å². The van der Waals surface area contributed by atoms with Gasteiger partial charge in [-0.15, -0.1) is 0 Å². The largest absolute Gasteiger partial charge is 0.368 e. The molecule has 0 heterocycles. The number of ketones is 1. The summed E-state index contributed by atoms with van der Waals surface area (Å²) >= 11 is 0. The Morgan fingerprint density at radius 1 is 1.00 bits per heavy atom. The van der Waals surface area contributed by atoms with Gasteiger partial charge < -0.3 is 11.1 Å². The molecule has 0 bridgehead atoms. The molecule has 3 N–H and O–H groups in total. The van der Waals surface area contributed by atoms with Gasteiger partial charge in [0, 0.05) is 16.7 Å². The minimum atomic E-state index is -0.770. The van der Waals surface area contributed by atoms with Crippen LogP contribution in [0.5, 0.6) is 0 Å². The van der Waals surface area contributed by atoms with Crippen LogP contribution in [0.4, 0.5) is 0 Å². The van der Waals surface area contributed by atoms with E-state index < -0.39 is 17.9 Å². The molecule has 0 aliphatic heterocycles. The molecule has 0 aromatic heterocycles. The molecule has 5 heteroatoms. The Balaban J connectivity index is 1.95. The van der Waals surface area contributed by atoms with E-state index in [1.54, 1.807) is 24.3 Å². The van der Waals surface area contributed by atoms with Crippen molar-refractivity contribution in [3.8, 4) is 11.1 Å². The van der Waals surface area contributed by atoms with Crippen molar-refractivity contribution in [2.24, 2.45) is 5.73 Å². The van der Waals surface area contributed by atoms with Crippen LogP contribution >= 0.6 is 0 Å². The molecular formula is C17H14N2O3. The number of amides is 2. The van der Waals surface area contributed by atoms with Crippen molar-refractivity contribution in [3.05, 3.63) is 59.2 Å². The molecule has 0 fully saturated rings. The van der Waals surface area contributed by atoms with Gasteiger partial charge in [0.2, 0.25) is 5.91 Å². The minimum absolute atomic E-state index is 0.0943. The van der Waals surface area contributed by atoms with E-state index >= 15 is 0 Å². The number of carbonyl (C=O) groups excluding carboxylic acids is 3. The molecule has 1 aliphatic rings. The van der Waals surface area contributed by atoms with Gasteiger partial charge in [-0.25, -0.2) is 0 Å². The predicted molar refractivity (Wildman–Crippen MR) is 81.4 cm³/mol. The van der Waals surface area contributed by atoms with Gasteiger partial charge in [0.05, 0.1) is 0 Å². The van der Waals surface area contributed by atoms with Gasteiger partial charge in [0.1, 0.15) is 6.04 Å². The topological polar surface area (TPSA) is 89.3 Å². The lowest BCUT2D eigenvalue weighted by molar-refractivity contribution is -0.119. The first-order valence-electron chi connectivity index (χ1n) is 6.87. The summed E-state index contributed by atoms with van der Waals surface area (Å²) < 4.78 is 0. The Morgan fingerprint density at radius 3 is 2.32 bits per heavy atom. The summed E-state index contributed by atoms with van der Waals surface area (Å²) in [6, 6.07) is 11.5. The molecular weight excluding hydrogens is 280 g/mol. The average Bonchev–Trinajstić information content (AvgIpc) is 2.80. The van der Waals surface area contributed by atoms with Crippen molar-refractivity contribution in [3.63, 3.8) is 0 Å². The maximum absolute atomic E-state index is 12.4. The Hall–Kier alpha value is -2.95. The van der Waals surface area contributed by atoms with Crippen LogP contribution in [-0.4, -0.2) is 23.6 Å². The van der Waals surface area contributed by atoms with E-state index in [9.17, 15) is 14.4 Å². The second kappa shape index (κ2) is 5.11. The van der Waals surface area contributed by atoms with Crippen molar-refractivity contribution in [1.82, 2.24) is 5.32 Å². The zero-order chi connectivity index (χ0) is 15.9. The average molecular weight is 294 g/mol. The summed E-state index contributed by atoms with van der Waals surface area (Å²) in [7, 11) is 0. The fourth-order valence-electron chi connectivity index (χ4n) is 2.52. The Bertz CT molecular complexity index is 811. The van der Waals surface area contributed by atoms with Crippen LogP contribution in [0.2, 0.25) is 0 Å². The summed E-state index contributed by atoms with van der Waals surface area (Å²) in [6.45, 7) is 1.51. The zero-order valence-electron chi connectivity index (χ0n) is 11.9. The van der Waals surface area contributed by atoms with E-state index in [0.29, 0.717) is 16.7 Å². The predicted octanol–water partition coefficient (Wildman–Crippen LogP) is 1.50. The van der Waals surface area contributed by atoms with E-state index in [1.165, 1.54) is 6.92 Å². The van der Waals surface area contributed by atoms with Crippen molar-refractivity contribution in [2.45, 2.75) is 13.0 Å². The number of benzene rings is 2. The van der Waals surface area contributed by atoms with Crippen LogP contribution in [0, 0.1) is 0 Å². The highest BCUT2D eigenvalue weighted by molar-refractivity contribution is 6.22. The lowest BCUT2D eigenvalue weighted by atomic mass is 10.0. The van der Waals surface area contributed by atoms with Gasteiger partial charge in [-0.3, -0.25) is 14.4 Å². The minimum Gasteiger partial charge on any atom is -0.368 e. The van der Waals surface area contributed by atoms with E-state index in [4.69, 9.17) is 5.73 Å². The van der Waals surface area contributed by atoms with Crippen LogP contribution in [-0.2, 0) is 4.79 Å². The van der Waals surface area contributed by atoms with E-state index in [0.717, 1.165) is 11.1 Å². The molecule has 3 rings (SSSR count). The Labute approximate surface area is 127 Å². The molecule has 0 saturated carbocycles. The van der Waals surface area contributed by atoms with Gasteiger partial charge >= 0.3 is 0 Å². The van der Waals surface area contributed by atoms with Crippen LogP contribution in [0.25, 0.3) is 11.1 Å². The number of nitrogens with one attached hydrogen (secondary N) is 1. The van der Waals surface area contributed by atoms with Gasteiger partial charge in [-0.1, -0.05) is 30.3 Å². The summed E-state index contributed by atoms with van der Waals surface area (Å²) in [6.07, 6.45) is 0. The molecule has 5 nitrogen and oxygen atoms in total. The quantitative estimate of drug-likeness (QED) is 0.767. The number of rotatable bonds is 3. The molecule has 0 unspecified atom stereocenters. The number of hydrogen-bond donors (Lipinski definition) is 2. The summed E-state index contributed by atoms with van der Waals surface area (Å²) in [5.74, 6) is -1.14. The summed E-state index contributed by atoms with van der Waals surface area (Å²) in [5, 5.41) is 2.50. The number of carbonyl (C=O) groups is 3. The second-order valence-electron chi connectivity index (χ2n) is 5.23. The molecule has 0 saturated heterocycles. The monoisotopic (exact) mass is 294 g/mol. The van der Waals surface area contributed by atoms with Gasteiger partial charge in [-0.05, 0) is 30.2 Å². The highest BCUT2D eigenvalue weighted by atomic mass is 16.2. The molecule has 2 aromatic rings. The smallest absolute Gasteiger partial charge is 0.251 e. The maximum atomic E-state index is 12.4. The number of hydrogen-bond acceptors (Lipinski definition) is 3. The molecule has 22 heavy (non-hydrogen) atoms. The van der Waals surface area contributed by atoms with E-state index in [2.05, 4.69) is 5.32 Å². The summed E-state index contributed by atoms with van der Waals surface area (Å²) in [5.41, 5.74) is 8.29. The fraction of sp³-hybridized carbons (Fsp3) is 0.118. The fourth-order valence-corrected chi connectivity index (χ4v) is 2.52. The molecule has 0 radical (unpaired) electrons. The third-order valence-corrected chi connectivity index (χ3v) is 3.76. The third kappa shape index (κ3) is 2.16. The first-order chi connectivity index (χ1) is 10.5. The molecule has 0 spiro atoms. The van der Waals surface area contributed by atoms with Crippen LogP contribution in [0.15, 0.2) is 42.5 Å². The standard InChI is InChI=1S/C17H14N2O3/c1-9(16(18)21)19-17(22)10-6-7-12-11-4-2-3-5-13(11)15(20)14(12)8-10/h2-9H,1H3,(H2,18,21)(H,19,22)/t9-/m1/s1. The number of nitrogens with two attached hydrogens (primary N) is 1. The first kappa shape index (κ1) is 14.0. The Kier molecular flexibility index (Phi) is 3.25. The highest BCUT2D eigenvalue weighted by Crippen LogP contribution is 2.36. The number of fused-ring (bicyclic) bond motifs is 3. The molecule has 2 aromatic carbocycles. The summed E-state index contributed by atoms with van der Waals surface area (Å²) in [4.78, 5) is 35.5. The zero-order valence-corrected chi connectivity index (χ0v) is 11.9. The maximum Gasteiger partial charge on any atom is 0.251 e. The second-order valence-corrected chi connectivity index (χ2v) is 5.23. The molecule has 1 atom stereocenters. The highest BCUT2D eigenvalue weighted by Gasteiger charge is 2.27. The van der Waals surface area contributed by atoms with Crippen LogP contribution < -0.4 is 11.1 Å².